The molecule has 0 saturated heterocycles. The van der Waals surface area contributed by atoms with Crippen molar-refractivity contribution in [3.05, 3.63) is 70.3 Å². The lowest BCUT2D eigenvalue weighted by molar-refractivity contribution is -0.114. The smallest absolute Gasteiger partial charge is 0.156 e. The minimum atomic E-state index is -0.105. The molecule has 0 radical (unpaired) electrons. The molecule has 2 saturated carbocycles. The number of carbonyl (C=O) groups is 1. The van der Waals surface area contributed by atoms with E-state index in [2.05, 4.69) is 43.3 Å². The standard InChI is InChI=1S/C30H36O3/c1-29-19-26(21-7-5-20(6-8-21)4-2-16-31)28-24-12-10-23(32)18-22(24)9-11-25(28)27(29)13-15-30(29)14-3-17-33-30/h3,5-8,14,18,25-27,31H,2,4,9-13,15-17,19H2,1H3/t25-,26+,27-,29-,30?/m0/s1. The van der Waals surface area contributed by atoms with Crippen LogP contribution >= 0.6 is 0 Å². The summed E-state index contributed by atoms with van der Waals surface area (Å²) in [7, 11) is 0. The summed E-state index contributed by atoms with van der Waals surface area (Å²) < 4.78 is 6.52. The van der Waals surface area contributed by atoms with Crippen LogP contribution in [0.4, 0.5) is 0 Å². The molecule has 2 fully saturated rings. The highest BCUT2D eigenvalue weighted by atomic mass is 16.5. The van der Waals surface area contributed by atoms with Crippen LogP contribution in [0.2, 0.25) is 0 Å². The van der Waals surface area contributed by atoms with Crippen molar-refractivity contribution in [2.45, 2.75) is 76.2 Å². The average molecular weight is 445 g/mol. The highest BCUT2D eigenvalue weighted by Gasteiger charge is 2.63. The van der Waals surface area contributed by atoms with Crippen LogP contribution in [-0.4, -0.2) is 29.7 Å². The third-order valence-electron chi connectivity index (χ3n) is 9.75. The monoisotopic (exact) mass is 444 g/mol. The van der Waals surface area contributed by atoms with Crippen LogP contribution in [0, 0.1) is 17.3 Å². The quantitative estimate of drug-likeness (QED) is 0.594. The topological polar surface area (TPSA) is 46.5 Å². The molecule has 4 aliphatic carbocycles. The molecule has 1 N–H and O–H groups in total. The number of allylic oxidation sites excluding steroid dienone is 4. The number of ketones is 1. The largest absolute Gasteiger partial charge is 0.396 e. The summed E-state index contributed by atoms with van der Waals surface area (Å²) in [5.74, 6) is 1.95. The van der Waals surface area contributed by atoms with Crippen molar-refractivity contribution >= 4 is 5.78 Å². The summed E-state index contributed by atoms with van der Waals surface area (Å²) in [6.07, 6.45) is 15.6. The predicted molar refractivity (Wildman–Crippen MR) is 130 cm³/mol. The number of fused-ring (bicyclic) bond motifs is 5. The van der Waals surface area contributed by atoms with Gasteiger partial charge in [0, 0.05) is 24.4 Å². The van der Waals surface area contributed by atoms with E-state index in [-0.39, 0.29) is 17.6 Å². The number of benzene rings is 1. The van der Waals surface area contributed by atoms with Gasteiger partial charge in [-0.25, -0.2) is 0 Å². The Morgan fingerprint density at radius 1 is 1.12 bits per heavy atom. The Hall–Kier alpha value is -1.97. The molecule has 1 heterocycles. The number of hydrogen-bond acceptors (Lipinski definition) is 3. The van der Waals surface area contributed by atoms with Crippen LogP contribution in [0.15, 0.2) is 59.2 Å². The maximum absolute atomic E-state index is 12.2. The fourth-order valence-corrected chi connectivity index (χ4v) is 8.17. The Morgan fingerprint density at radius 3 is 2.73 bits per heavy atom. The maximum atomic E-state index is 12.2. The molecule has 174 valence electrons. The molecule has 3 nitrogen and oxygen atoms in total. The van der Waals surface area contributed by atoms with Gasteiger partial charge in [-0.3, -0.25) is 4.79 Å². The number of ether oxygens (including phenoxy) is 1. The highest BCUT2D eigenvalue weighted by Crippen LogP contribution is 2.68. The van der Waals surface area contributed by atoms with Crippen LogP contribution in [0.3, 0.4) is 0 Å². The summed E-state index contributed by atoms with van der Waals surface area (Å²) in [6, 6.07) is 9.20. The molecule has 1 aromatic rings. The highest BCUT2D eigenvalue weighted by molar-refractivity contribution is 5.93. The minimum Gasteiger partial charge on any atom is -0.396 e. The third-order valence-corrected chi connectivity index (χ3v) is 9.75. The van der Waals surface area contributed by atoms with Gasteiger partial charge in [0.15, 0.2) is 5.78 Å². The van der Waals surface area contributed by atoms with Crippen molar-refractivity contribution in [3.8, 4) is 0 Å². The van der Waals surface area contributed by atoms with E-state index in [1.165, 1.54) is 35.1 Å². The van der Waals surface area contributed by atoms with Crippen LogP contribution in [0.25, 0.3) is 0 Å². The van der Waals surface area contributed by atoms with Gasteiger partial charge in [0.25, 0.3) is 0 Å². The normalized spacial score (nSPS) is 37.2. The van der Waals surface area contributed by atoms with Gasteiger partial charge in [-0.1, -0.05) is 48.9 Å². The van der Waals surface area contributed by atoms with Gasteiger partial charge in [0.1, 0.15) is 0 Å². The number of aliphatic hydroxyl groups excluding tert-OH is 1. The molecular formula is C30H36O3. The molecule has 1 unspecified atom stereocenters. The molecule has 5 aliphatic rings. The summed E-state index contributed by atoms with van der Waals surface area (Å²) in [6.45, 7) is 3.51. The molecule has 0 bridgehead atoms. The molecule has 6 rings (SSSR count). The van der Waals surface area contributed by atoms with Crippen LogP contribution in [-0.2, 0) is 16.0 Å². The van der Waals surface area contributed by atoms with E-state index < -0.39 is 0 Å². The Labute approximate surface area is 197 Å². The van der Waals surface area contributed by atoms with E-state index >= 15 is 0 Å². The predicted octanol–water partition coefficient (Wildman–Crippen LogP) is 5.84. The molecule has 0 amide bonds. The fourth-order valence-electron chi connectivity index (χ4n) is 8.17. The second-order valence-electron chi connectivity index (χ2n) is 11.2. The van der Waals surface area contributed by atoms with Crippen LogP contribution < -0.4 is 0 Å². The molecular weight excluding hydrogens is 408 g/mol. The van der Waals surface area contributed by atoms with Crippen molar-refractivity contribution in [2.75, 3.05) is 13.2 Å². The first-order valence-electron chi connectivity index (χ1n) is 13.0. The number of hydrogen-bond donors (Lipinski definition) is 1. The zero-order chi connectivity index (χ0) is 22.6. The molecule has 1 spiro atoms. The van der Waals surface area contributed by atoms with E-state index in [1.807, 2.05) is 6.08 Å². The maximum Gasteiger partial charge on any atom is 0.156 e. The van der Waals surface area contributed by atoms with Gasteiger partial charge in [-0.05, 0) is 91.6 Å². The first-order valence-corrected chi connectivity index (χ1v) is 13.0. The zero-order valence-electron chi connectivity index (χ0n) is 19.8. The van der Waals surface area contributed by atoms with E-state index in [0.717, 1.165) is 45.1 Å². The lowest BCUT2D eigenvalue weighted by Gasteiger charge is -2.54. The van der Waals surface area contributed by atoms with Crippen molar-refractivity contribution in [2.24, 2.45) is 17.3 Å². The van der Waals surface area contributed by atoms with Crippen molar-refractivity contribution in [3.63, 3.8) is 0 Å². The van der Waals surface area contributed by atoms with E-state index in [0.29, 0.717) is 30.0 Å². The third kappa shape index (κ3) is 3.26. The number of aliphatic hydroxyl groups is 1. The lowest BCUT2D eigenvalue weighted by atomic mass is 9.51. The summed E-state index contributed by atoms with van der Waals surface area (Å²) in [5, 5.41) is 9.21. The fraction of sp³-hybridized carbons (Fsp3) is 0.567. The number of aryl methyl sites for hydroxylation is 1. The lowest BCUT2D eigenvalue weighted by Crippen LogP contribution is -2.51. The van der Waals surface area contributed by atoms with Crippen molar-refractivity contribution in [1.82, 2.24) is 0 Å². The van der Waals surface area contributed by atoms with Crippen molar-refractivity contribution in [1.29, 1.82) is 0 Å². The van der Waals surface area contributed by atoms with E-state index in [4.69, 9.17) is 4.74 Å². The molecule has 1 aliphatic heterocycles. The average Bonchev–Trinajstić information content (AvgIpc) is 3.43. The van der Waals surface area contributed by atoms with Gasteiger partial charge >= 0.3 is 0 Å². The number of carbonyl (C=O) groups excluding carboxylic acids is 1. The van der Waals surface area contributed by atoms with Gasteiger partial charge in [0.05, 0.1) is 12.2 Å². The van der Waals surface area contributed by atoms with Gasteiger partial charge < -0.3 is 9.84 Å². The molecule has 3 heteroatoms. The Morgan fingerprint density at radius 2 is 1.97 bits per heavy atom. The first kappa shape index (κ1) is 21.6. The second kappa shape index (κ2) is 8.06. The van der Waals surface area contributed by atoms with Gasteiger partial charge in [0.2, 0.25) is 0 Å². The van der Waals surface area contributed by atoms with Crippen LogP contribution in [0.1, 0.15) is 75.3 Å². The van der Waals surface area contributed by atoms with Gasteiger partial charge in [-0.15, -0.1) is 0 Å². The molecule has 5 atom stereocenters. The summed E-state index contributed by atoms with van der Waals surface area (Å²) >= 11 is 0. The van der Waals surface area contributed by atoms with Crippen LogP contribution in [0.5, 0.6) is 0 Å². The number of rotatable bonds is 4. The molecule has 1 aromatic carbocycles. The van der Waals surface area contributed by atoms with E-state index in [9.17, 15) is 9.90 Å². The Kier molecular flexibility index (Phi) is 5.27. The van der Waals surface area contributed by atoms with E-state index in [1.54, 1.807) is 5.57 Å². The zero-order valence-corrected chi connectivity index (χ0v) is 19.8. The Balaban J connectivity index is 1.46. The Bertz CT molecular complexity index is 1040. The summed E-state index contributed by atoms with van der Waals surface area (Å²) in [5.41, 5.74) is 7.25. The second-order valence-corrected chi connectivity index (χ2v) is 11.2. The first-order chi connectivity index (χ1) is 16.0. The molecule has 33 heavy (non-hydrogen) atoms. The SMILES string of the molecule is C[C@]12C[C@H](c3ccc(CCCO)cc3)C3=C4CCC(=O)C=C4CC[C@H]3[C@@H]1CCC21C=CCO1. The molecule has 0 aromatic heterocycles. The van der Waals surface area contributed by atoms with Crippen molar-refractivity contribution < 1.29 is 14.6 Å². The minimum absolute atomic E-state index is 0.105. The van der Waals surface area contributed by atoms with Gasteiger partial charge in [-0.2, -0.15) is 0 Å². The summed E-state index contributed by atoms with van der Waals surface area (Å²) in [4.78, 5) is 12.2.